The van der Waals surface area contributed by atoms with Crippen molar-refractivity contribution in [2.45, 2.75) is 111 Å². The van der Waals surface area contributed by atoms with E-state index in [-0.39, 0.29) is 6.85 Å². The number of aryl methyl sites for hydroxylation is 9. The molecule has 10 rings (SSSR count). The fourth-order valence-corrected chi connectivity index (χ4v) is 11.3. The van der Waals surface area contributed by atoms with Gasteiger partial charge in [0, 0.05) is 43.8 Å². The number of rotatable bonds is 0. The highest BCUT2D eigenvalue weighted by molar-refractivity contribution is 6.90. The Kier molecular flexibility index (Phi) is 6.23. The van der Waals surface area contributed by atoms with Crippen molar-refractivity contribution < 1.29 is 0 Å². The van der Waals surface area contributed by atoms with Crippen LogP contribution in [0.3, 0.4) is 0 Å². The molecule has 2 aromatic heterocycles. The number of benzene rings is 6. The average molecular weight is 691 g/mol. The van der Waals surface area contributed by atoms with Crippen molar-refractivity contribution >= 4 is 72.2 Å². The second kappa shape index (κ2) is 10.1. The van der Waals surface area contributed by atoms with E-state index >= 15 is 0 Å². The van der Waals surface area contributed by atoms with Gasteiger partial charge in [-0.3, -0.25) is 0 Å². The van der Waals surface area contributed by atoms with Gasteiger partial charge in [-0.25, -0.2) is 0 Å². The lowest BCUT2D eigenvalue weighted by Gasteiger charge is -2.37. The van der Waals surface area contributed by atoms with Crippen LogP contribution >= 0.6 is 0 Å². The molecule has 2 aliphatic rings. The summed E-state index contributed by atoms with van der Waals surface area (Å²) in [6.45, 7) is 37.9. The van der Waals surface area contributed by atoms with Crippen LogP contribution in [-0.2, 0) is 0 Å². The molecule has 0 amide bonds. The third-order valence-corrected chi connectivity index (χ3v) is 15.5. The van der Waals surface area contributed by atoms with Crippen LogP contribution in [0.2, 0.25) is 0 Å². The molecule has 0 saturated carbocycles. The Morgan fingerprint density at radius 2 is 0.868 bits per heavy atom. The van der Waals surface area contributed by atoms with Crippen LogP contribution in [0.4, 0.5) is 0 Å². The Morgan fingerprint density at radius 3 is 1.51 bits per heavy atom. The fraction of sp³-hybridized carbons (Fsp3) is 0.320. The second-order valence-corrected chi connectivity index (χ2v) is 17.4. The van der Waals surface area contributed by atoms with E-state index in [1.165, 1.54) is 171 Å². The summed E-state index contributed by atoms with van der Waals surface area (Å²) in [4.78, 5) is 0. The number of hydrogen-bond donors (Lipinski definition) is 0. The Balaban J connectivity index is 1.67. The Morgan fingerprint density at radius 1 is 0.358 bits per heavy atom. The van der Waals surface area contributed by atoms with Crippen LogP contribution in [-0.4, -0.2) is 15.9 Å². The van der Waals surface area contributed by atoms with Crippen molar-refractivity contribution in [2.24, 2.45) is 0 Å². The van der Waals surface area contributed by atoms with E-state index in [9.17, 15) is 0 Å². The highest BCUT2D eigenvalue weighted by atomic mass is 15.0. The number of fused-ring (bicyclic) bond motifs is 14. The van der Waals surface area contributed by atoms with Crippen molar-refractivity contribution in [1.29, 1.82) is 0 Å². The maximum absolute atomic E-state index is 2.85. The maximum atomic E-state index is 2.85. The van der Waals surface area contributed by atoms with Gasteiger partial charge in [-0.2, -0.15) is 0 Å². The van der Waals surface area contributed by atoms with Crippen LogP contribution < -0.4 is 10.9 Å². The topological polar surface area (TPSA) is 9.86 Å². The van der Waals surface area contributed by atoms with Gasteiger partial charge in [0.05, 0.1) is 11.0 Å². The summed E-state index contributed by atoms with van der Waals surface area (Å²) in [5, 5.41) is 8.70. The first kappa shape index (κ1) is 32.9. The zero-order chi connectivity index (χ0) is 37.8. The third kappa shape index (κ3) is 3.46. The smallest absolute Gasteiger partial charge is 0.333 e. The summed E-state index contributed by atoms with van der Waals surface area (Å²) < 4.78 is 5.56. The molecular weight excluding hydrogens is 639 g/mol. The van der Waals surface area contributed by atoms with Gasteiger partial charge in [-0.05, 0) is 239 Å². The Hall–Kier alpha value is -4.76. The monoisotopic (exact) mass is 690 g/mol. The van der Waals surface area contributed by atoms with Gasteiger partial charge in [0.2, 0.25) is 0 Å². The second-order valence-electron chi connectivity index (χ2n) is 17.4. The van der Waals surface area contributed by atoms with Crippen LogP contribution in [0.1, 0.15) is 89.0 Å². The molecular formula is C50H51BN2. The first-order valence-electron chi connectivity index (χ1n) is 19.7. The van der Waals surface area contributed by atoms with Crippen molar-refractivity contribution in [3.8, 4) is 16.8 Å². The predicted octanol–water partition coefficient (Wildman–Crippen LogP) is 11.9. The van der Waals surface area contributed by atoms with E-state index < -0.39 is 0 Å². The lowest BCUT2D eigenvalue weighted by molar-refractivity contribution is 1.15. The molecule has 4 heterocycles. The van der Waals surface area contributed by atoms with Crippen LogP contribution in [0.15, 0.2) is 18.2 Å². The molecule has 2 nitrogen and oxygen atoms in total. The SMILES string of the molecule is Cc1cc2c(cc1C)-n1c3cc(C)c(C)c(C)c3c3c4c(C)c(C)c(C)c(C)c4c4c(c31)B2n1c2c(C)c(C)c(C)c(C)c2c2c(C)c(C)c(C)c-4c21. The molecule has 2 aliphatic heterocycles. The van der Waals surface area contributed by atoms with Gasteiger partial charge >= 0.3 is 6.85 Å². The molecule has 0 saturated heterocycles. The minimum Gasteiger partial charge on any atom is -0.375 e. The third-order valence-electron chi connectivity index (χ3n) is 15.5. The molecule has 6 aromatic carbocycles. The summed E-state index contributed by atoms with van der Waals surface area (Å²) in [5.41, 5.74) is 35.3. The van der Waals surface area contributed by atoms with Crippen LogP contribution in [0.5, 0.6) is 0 Å². The number of aromatic nitrogens is 2. The van der Waals surface area contributed by atoms with Crippen LogP contribution in [0.25, 0.3) is 71.2 Å². The molecule has 3 heteroatoms. The molecule has 0 spiro atoms. The largest absolute Gasteiger partial charge is 0.375 e. The normalized spacial score (nSPS) is 13.2. The van der Waals surface area contributed by atoms with Crippen molar-refractivity contribution in [2.75, 3.05) is 0 Å². The minimum absolute atomic E-state index is 0.0426. The molecule has 0 atom stereocenters. The molecule has 53 heavy (non-hydrogen) atoms. The summed E-state index contributed by atoms with van der Waals surface area (Å²) in [5.74, 6) is 0. The molecule has 0 radical (unpaired) electrons. The molecule has 8 aromatic rings. The summed E-state index contributed by atoms with van der Waals surface area (Å²) in [6.07, 6.45) is 0. The molecule has 264 valence electrons. The quantitative estimate of drug-likeness (QED) is 0.140. The molecule has 0 fully saturated rings. The summed E-state index contributed by atoms with van der Waals surface area (Å²) in [6, 6.07) is 7.56. The fourth-order valence-electron chi connectivity index (χ4n) is 11.3. The van der Waals surface area contributed by atoms with E-state index in [0.29, 0.717) is 0 Å². The van der Waals surface area contributed by atoms with Gasteiger partial charge in [-0.1, -0.05) is 6.07 Å². The highest BCUT2D eigenvalue weighted by Gasteiger charge is 2.45. The van der Waals surface area contributed by atoms with Gasteiger partial charge in [0.1, 0.15) is 0 Å². The highest BCUT2D eigenvalue weighted by Crippen LogP contribution is 2.53. The van der Waals surface area contributed by atoms with Crippen molar-refractivity contribution in [3.05, 3.63) is 107 Å². The molecule has 0 aliphatic carbocycles. The van der Waals surface area contributed by atoms with Gasteiger partial charge < -0.3 is 9.05 Å². The zero-order valence-corrected chi connectivity index (χ0v) is 34.7. The maximum Gasteiger partial charge on any atom is 0.333 e. The van der Waals surface area contributed by atoms with Gasteiger partial charge in [0.25, 0.3) is 0 Å². The van der Waals surface area contributed by atoms with Gasteiger partial charge in [0.15, 0.2) is 0 Å². The van der Waals surface area contributed by atoms with Crippen LogP contribution in [0, 0.1) is 111 Å². The molecule has 0 N–H and O–H groups in total. The Labute approximate surface area is 314 Å². The lowest BCUT2D eigenvalue weighted by Crippen LogP contribution is -2.55. The standard InChI is InChI=1S/C50H51BN2/c1-20-17-36-37(18-21(20)2)52-38-19-22(3)23(4)29(10)39(38)46-41-31(12)25(6)24(5)30(11)40(41)45-44-34(15)28(9)33(14)43-42-32(13)26(7)27(8)35(16)48(42)53(49(43)44)51(36)47(45)50(46)52/h17-19H,1-16H3. The predicted molar refractivity (Wildman–Crippen MR) is 233 cm³/mol. The number of hydrogen-bond acceptors (Lipinski definition) is 0. The van der Waals surface area contributed by atoms with Gasteiger partial charge in [-0.15, -0.1) is 0 Å². The minimum atomic E-state index is 0.0426. The van der Waals surface area contributed by atoms with E-state index in [1.807, 2.05) is 0 Å². The van der Waals surface area contributed by atoms with E-state index in [1.54, 1.807) is 0 Å². The zero-order valence-electron chi connectivity index (χ0n) is 34.7. The lowest BCUT2D eigenvalue weighted by atomic mass is 9.44. The summed E-state index contributed by atoms with van der Waals surface area (Å²) in [7, 11) is 0. The van der Waals surface area contributed by atoms with Crippen molar-refractivity contribution in [1.82, 2.24) is 9.05 Å². The van der Waals surface area contributed by atoms with E-state index in [0.717, 1.165) is 0 Å². The first-order chi connectivity index (χ1) is 25.0. The van der Waals surface area contributed by atoms with E-state index in [2.05, 4.69) is 138 Å². The summed E-state index contributed by atoms with van der Waals surface area (Å²) >= 11 is 0. The first-order valence-corrected chi connectivity index (χ1v) is 19.7. The number of nitrogens with zero attached hydrogens (tertiary/aromatic N) is 2. The Bertz CT molecular complexity index is 3160. The van der Waals surface area contributed by atoms with E-state index in [4.69, 9.17) is 0 Å². The van der Waals surface area contributed by atoms with Crippen molar-refractivity contribution in [3.63, 3.8) is 0 Å². The average Bonchev–Trinajstić information content (AvgIpc) is 3.66. The molecule has 0 bridgehead atoms. The molecule has 0 unspecified atom stereocenters.